The second-order valence-corrected chi connectivity index (χ2v) is 8.36. The summed E-state index contributed by atoms with van der Waals surface area (Å²) in [5, 5.41) is 3.63. The number of amides is 1. The van der Waals surface area contributed by atoms with Crippen molar-refractivity contribution >= 4 is 34.3 Å². The summed E-state index contributed by atoms with van der Waals surface area (Å²) in [6.45, 7) is 5.81. The first-order valence-corrected chi connectivity index (χ1v) is 11.3. The molecule has 1 saturated heterocycles. The number of benzene rings is 2. The predicted molar refractivity (Wildman–Crippen MR) is 128 cm³/mol. The monoisotopic (exact) mass is 448 g/mol. The first-order chi connectivity index (χ1) is 16.0. The summed E-state index contributed by atoms with van der Waals surface area (Å²) in [6.07, 6.45) is 2.24. The fourth-order valence-electron chi connectivity index (χ4n) is 4.24. The molecule has 1 amide bonds. The van der Waals surface area contributed by atoms with Crippen molar-refractivity contribution in [1.29, 1.82) is 0 Å². The van der Waals surface area contributed by atoms with Crippen LogP contribution in [0.25, 0.3) is 10.9 Å². The van der Waals surface area contributed by atoms with E-state index in [1.807, 2.05) is 24.3 Å². The molecule has 0 radical (unpaired) electrons. The lowest BCUT2D eigenvalue weighted by Gasteiger charge is -2.32. The average Bonchev–Trinajstić information content (AvgIpc) is 2.81. The number of nitrogens with zero attached hydrogens (tertiary/aromatic N) is 3. The molecule has 2 heterocycles. The standard InChI is InChI=1S/C25H28N4O4/c1-3-33-24(31)18-10-12-19(13-11-18)26-22(30)16-29-21-9-5-4-8-20(21)23(27-25(29)32)28-14-6-7-17(2)15-28/h4-5,8-13,17H,3,6-7,14-16H2,1-2H3,(H,26,30)/t17-/m0/s1. The van der Waals surface area contributed by atoms with Crippen LogP contribution >= 0.6 is 0 Å². The summed E-state index contributed by atoms with van der Waals surface area (Å²) in [6, 6.07) is 14.0. The molecule has 0 unspecified atom stereocenters. The molecule has 0 spiro atoms. The highest BCUT2D eigenvalue weighted by Gasteiger charge is 2.22. The van der Waals surface area contributed by atoms with Gasteiger partial charge in [0.2, 0.25) is 5.91 Å². The van der Waals surface area contributed by atoms with E-state index in [9.17, 15) is 14.4 Å². The number of para-hydroxylation sites is 1. The van der Waals surface area contributed by atoms with Gasteiger partial charge in [-0.05, 0) is 62.1 Å². The molecule has 0 saturated carbocycles. The van der Waals surface area contributed by atoms with Crippen LogP contribution in [-0.2, 0) is 16.1 Å². The van der Waals surface area contributed by atoms with Crippen LogP contribution in [0.3, 0.4) is 0 Å². The Morgan fingerprint density at radius 2 is 1.91 bits per heavy atom. The normalized spacial score (nSPS) is 15.9. The molecule has 2 aromatic carbocycles. The zero-order chi connectivity index (χ0) is 23.4. The summed E-state index contributed by atoms with van der Waals surface area (Å²) < 4.78 is 6.36. The van der Waals surface area contributed by atoms with Crippen LogP contribution in [0.15, 0.2) is 53.3 Å². The first-order valence-electron chi connectivity index (χ1n) is 11.3. The van der Waals surface area contributed by atoms with Crippen LogP contribution in [0.5, 0.6) is 0 Å². The van der Waals surface area contributed by atoms with Gasteiger partial charge in [0, 0.05) is 24.2 Å². The molecule has 1 N–H and O–H groups in total. The van der Waals surface area contributed by atoms with Gasteiger partial charge in [0.25, 0.3) is 0 Å². The van der Waals surface area contributed by atoms with Crippen LogP contribution in [0, 0.1) is 5.92 Å². The van der Waals surface area contributed by atoms with Gasteiger partial charge in [-0.2, -0.15) is 4.98 Å². The van der Waals surface area contributed by atoms with Crippen molar-refractivity contribution in [3.8, 4) is 0 Å². The van der Waals surface area contributed by atoms with Crippen molar-refractivity contribution < 1.29 is 14.3 Å². The van der Waals surface area contributed by atoms with Gasteiger partial charge >= 0.3 is 11.7 Å². The number of carbonyl (C=O) groups is 2. The van der Waals surface area contributed by atoms with E-state index in [0.29, 0.717) is 35.1 Å². The van der Waals surface area contributed by atoms with Crippen molar-refractivity contribution in [2.45, 2.75) is 33.2 Å². The lowest BCUT2D eigenvalue weighted by Crippen LogP contribution is -2.38. The Hall–Kier alpha value is -3.68. The van der Waals surface area contributed by atoms with Crippen molar-refractivity contribution in [3.05, 3.63) is 64.6 Å². The van der Waals surface area contributed by atoms with Gasteiger partial charge in [-0.1, -0.05) is 19.1 Å². The zero-order valence-corrected chi connectivity index (χ0v) is 18.9. The highest BCUT2D eigenvalue weighted by atomic mass is 16.5. The van der Waals surface area contributed by atoms with E-state index in [1.54, 1.807) is 31.2 Å². The van der Waals surface area contributed by atoms with E-state index in [1.165, 1.54) is 11.0 Å². The number of hydrogen-bond donors (Lipinski definition) is 1. The molecule has 4 rings (SSSR count). The van der Waals surface area contributed by atoms with Crippen LogP contribution < -0.4 is 15.9 Å². The number of hydrogen-bond acceptors (Lipinski definition) is 6. The molecule has 8 heteroatoms. The summed E-state index contributed by atoms with van der Waals surface area (Å²) in [4.78, 5) is 44.0. The SMILES string of the molecule is CCOC(=O)c1ccc(NC(=O)Cn2c(=O)nc(N3CCC[C@H](C)C3)c3ccccc32)cc1. The maximum Gasteiger partial charge on any atom is 0.350 e. The Morgan fingerprint density at radius 3 is 2.64 bits per heavy atom. The first kappa shape index (κ1) is 22.5. The molecule has 0 bridgehead atoms. The van der Waals surface area contributed by atoms with Gasteiger partial charge in [0.15, 0.2) is 0 Å². The quantitative estimate of drug-likeness (QED) is 0.581. The fourth-order valence-corrected chi connectivity index (χ4v) is 4.24. The summed E-state index contributed by atoms with van der Waals surface area (Å²) in [7, 11) is 0. The lowest BCUT2D eigenvalue weighted by molar-refractivity contribution is -0.116. The van der Waals surface area contributed by atoms with Gasteiger partial charge in [-0.3, -0.25) is 9.36 Å². The van der Waals surface area contributed by atoms with E-state index < -0.39 is 11.7 Å². The molecule has 0 aliphatic carbocycles. The van der Waals surface area contributed by atoms with Gasteiger partial charge in [0.05, 0.1) is 17.7 Å². The number of aromatic nitrogens is 2. The minimum atomic E-state index is -0.449. The van der Waals surface area contributed by atoms with Crippen LogP contribution in [0.1, 0.15) is 37.0 Å². The molecule has 8 nitrogen and oxygen atoms in total. The predicted octanol–water partition coefficient (Wildman–Crippen LogP) is 3.45. The maximum absolute atomic E-state index is 12.9. The Kier molecular flexibility index (Phi) is 6.72. The fraction of sp³-hybridized carbons (Fsp3) is 0.360. The van der Waals surface area contributed by atoms with Crippen molar-refractivity contribution in [3.63, 3.8) is 0 Å². The summed E-state index contributed by atoms with van der Waals surface area (Å²) in [5.74, 6) is 0.464. The smallest absolute Gasteiger partial charge is 0.350 e. The largest absolute Gasteiger partial charge is 0.462 e. The van der Waals surface area contributed by atoms with E-state index in [-0.39, 0.29) is 12.5 Å². The molecule has 1 aromatic heterocycles. The van der Waals surface area contributed by atoms with Gasteiger partial charge < -0.3 is 15.0 Å². The third kappa shape index (κ3) is 5.05. The number of anilines is 2. The van der Waals surface area contributed by atoms with E-state index >= 15 is 0 Å². The molecular formula is C25H28N4O4. The van der Waals surface area contributed by atoms with Crippen LogP contribution in [0.4, 0.5) is 11.5 Å². The molecule has 172 valence electrons. The van der Waals surface area contributed by atoms with Crippen molar-refractivity contribution in [2.24, 2.45) is 5.92 Å². The third-order valence-corrected chi connectivity index (χ3v) is 5.81. The molecule has 1 aliphatic rings. The van der Waals surface area contributed by atoms with Crippen molar-refractivity contribution in [2.75, 3.05) is 29.9 Å². The van der Waals surface area contributed by atoms with Crippen molar-refractivity contribution in [1.82, 2.24) is 9.55 Å². The van der Waals surface area contributed by atoms with Crippen LogP contribution in [-0.4, -0.2) is 41.1 Å². The summed E-state index contributed by atoms with van der Waals surface area (Å²) >= 11 is 0. The van der Waals surface area contributed by atoms with Gasteiger partial charge in [0.1, 0.15) is 12.4 Å². The second-order valence-electron chi connectivity index (χ2n) is 8.36. The number of rotatable bonds is 6. The minimum absolute atomic E-state index is 0.164. The summed E-state index contributed by atoms with van der Waals surface area (Å²) in [5.41, 5.74) is 1.16. The molecule has 33 heavy (non-hydrogen) atoms. The Labute approximate surface area is 192 Å². The minimum Gasteiger partial charge on any atom is -0.462 e. The third-order valence-electron chi connectivity index (χ3n) is 5.81. The topological polar surface area (TPSA) is 93.5 Å². The number of nitrogens with one attached hydrogen (secondary N) is 1. The van der Waals surface area contributed by atoms with Gasteiger partial charge in [-0.25, -0.2) is 9.59 Å². The lowest BCUT2D eigenvalue weighted by atomic mass is 10.00. The number of piperidine rings is 1. The number of ether oxygens (including phenoxy) is 1. The number of esters is 1. The molecular weight excluding hydrogens is 420 g/mol. The highest BCUT2D eigenvalue weighted by Crippen LogP contribution is 2.27. The Morgan fingerprint density at radius 1 is 1.15 bits per heavy atom. The second kappa shape index (κ2) is 9.85. The van der Waals surface area contributed by atoms with E-state index in [2.05, 4.69) is 22.1 Å². The van der Waals surface area contributed by atoms with Gasteiger partial charge in [-0.15, -0.1) is 0 Å². The number of fused-ring (bicyclic) bond motifs is 1. The average molecular weight is 449 g/mol. The van der Waals surface area contributed by atoms with E-state index in [0.717, 1.165) is 24.9 Å². The highest BCUT2D eigenvalue weighted by molar-refractivity contribution is 5.95. The molecule has 1 fully saturated rings. The molecule has 1 aliphatic heterocycles. The van der Waals surface area contributed by atoms with E-state index in [4.69, 9.17) is 4.74 Å². The van der Waals surface area contributed by atoms with Crippen LogP contribution in [0.2, 0.25) is 0 Å². The molecule has 3 aromatic rings. The molecule has 1 atom stereocenters. The number of carbonyl (C=O) groups excluding carboxylic acids is 2. The Balaban J connectivity index is 1.56. The Bertz CT molecular complexity index is 1220. The zero-order valence-electron chi connectivity index (χ0n) is 18.9. The maximum atomic E-state index is 12.9.